The van der Waals surface area contributed by atoms with Gasteiger partial charge >= 0.3 is 0 Å². The summed E-state index contributed by atoms with van der Waals surface area (Å²) in [5.74, 6) is 1.75. The molecule has 0 saturated heterocycles. The first kappa shape index (κ1) is 14.2. The summed E-state index contributed by atoms with van der Waals surface area (Å²) in [7, 11) is 0. The molecule has 0 unspecified atom stereocenters. The van der Waals surface area contributed by atoms with Crippen LogP contribution in [0.25, 0.3) is 0 Å². The summed E-state index contributed by atoms with van der Waals surface area (Å²) in [4.78, 5) is 4.33. The van der Waals surface area contributed by atoms with Gasteiger partial charge < -0.3 is 5.32 Å². The number of nitrogens with zero attached hydrogens (tertiary/aromatic N) is 3. The Bertz CT molecular complexity index is 304. The molecule has 0 amide bonds. The fourth-order valence-electron chi connectivity index (χ4n) is 1.78. The molecule has 0 aliphatic carbocycles. The second kappa shape index (κ2) is 7.43. The molecule has 0 bridgehead atoms. The Balaban J connectivity index is 2.24. The number of rotatable bonds is 8. The van der Waals surface area contributed by atoms with Crippen LogP contribution in [0.3, 0.4) is 0 Å². The van der Waals surface area contributed by atoms with Crippen molar-refractivity contribution in [1.82, 2.24) is 20.1 Å². The molecular formula is C13H26N4. The van der Waals surface area contributed by atoms with E-state index in [-0.39, 0.29) is 0 Å². The number of nitrogens with one attached hydrogen (secondary N) is 1. The van der Waals surface area contributed by atoms with Crippen molar-refractivity contribution in [1.29, 1.82) is 0 Å². The lowest BCUT2D eigenvalue weighted by molar-refractivity contribution is 0.460. The van der Waals surface area contributed by atoms with E-state index in [4.69, 9.17) is 0 Å². The summed E-state index contributed by atoms with van der Waals surface area (Å²) in [6.45, 7) is 10.8. The molecular weight excluding hydrogens is 212 g/mol. The van der Waals surface area contributed by atoms with Gasteiger partial charge in [0.2, 0.25) is 0 Å². The predicted molar refractivity (Wildman–Crippen MR) is 70.9 cm³/mol. The minimum absolute atomic E-state index is 0.583. The van der Waals surface area contributed by atoms with Crippen LogP contribution in [-0.4, -0.2) is 27.4 Å². The minimum Gasteiger partial charge on any atom is -0.315 e. The van der Waals surface area contributed by atoms with Crippen LogP contribution in [0.15, 0.2) is 6.33 Å². The quantitative estimate of drug-likeness (QED) is 0.706. The van der Waals surface area contributed by atoms with Gasteiger partial charge in [0, 0.05) is 19.0 Å². The Morgan fingerprint density at radius 2 is 2.00 bits per heavy atom. The summed E-state index contributed by atoms with van der Waals surface area (Å²) in [6.07, 6.45) is 5.08. The zero-order valence-electron chi connectivity index (χ0n) is 11.6. The zero-order valence-corrected chi connectivity index (χ0v) is 11.6. The van der Waals surface area contributed by atoms with Crippen molar-refractivity contribution in [3.8, 4) is 0 Å². The van der Waals surface area contributed by atoms with E-state index < -0.39 is 0 Å². The largest absolute Gasteiger partial charge is 0.315 e. The molecule has 0 radical (unpaired) electrons. The van der Waals surface area contributed by atoms with E-state index >= 15 is 0 Å². The molecule has 1 heterocycles. The van der Waals surface area contributed by atoms with Crippen LogP contribution in [0.4, 0.5) is 0 Å². The van der Waals surface area contributed by atoms with E-state index in [1.54, 1.807) is 6.33 Å². The van der Waals surface area contributed by atoms with Gasteiger partial charge in [0.25, 0.3) is 0 Å². The number of hydrogen-bond donors (Lipinski definition) is 1. The molecule has 1 aromatic rings. The highest BCUT2D eigenvalue weighted by Crippen LogP contribution is 2.04. The van der Waals surface area contributed by atoms with Crippen LogP contribution in [0.2, 0.25) is 0 Å². The molecule has 0 fully saturated rings. The number of aromatic nitrogens is 3. The maximum atomic E-state index is 4.33. The van der Waals surface area contributed by atoms with Gasteiger partial charge in [-0.05, 0) is 25.3 Å². The molecule has 0 spiro atoms. The number of unbranched alkanes of at least 4 members (excludes halogenated alkanes) is 1. The van der Waals surface area contributed by atoms with Crippen LogP contribution >= 0.6 is 0 Å². The Kier molecular flexibility index (Phi) is 6.19. The summed E-state index contributed by atoms with van der Waals surface area (Å²) in [6, 6.07) is 0.583. The van der Waals surface area contributed by atoms with E-state index in [1.807, 2.05) is 4.68 Å². The normalized spacial score (nSPS) is 11.6. The van der Waals surface area contributed by atoms with Crippen LogP contribution in [0.1, 0.15) is 46.4 Å². The highest BCUT2D eigenvalue weighted by atomic mass is 15.3. The summed E-state index contributed by atoms with van der Waals surface area (Å²) in [5.41, 5.74) is 0. The first-order chi connectivity index (χ1) is 8.09. The van der Waals surface area contributed by atoms with E-state index in [0.29, 0.717) is 12.0 Å². The molecule has 0 aliphatic heterocycles. The van der Waals surface area contributed by atoms with Gasteiger partial charge in [0.1, 0.15) is 12.2 Å². The highest BCUT2D eigenvalue weighted by molar-refractivity contribution is 4.84. The molecule has 0 saturated carbocycles. The van der Waals surface area contributed by atoms with Crippen molar-refractivity contribution < 1.29 is 0 Å². The fourth-order valence-corrected chi connectivity index (χ4v) is 1.78. The van der Waals surface area contributed by atoms with Crippen LogP contribution in [-0.2, 0) is 13.0 Å². The van der Waals surface area contributed by atoms with E-state index in [0.717, 1.165) is 25.3 Å². The standard InChI is InChI=1S/C13H26N4/c1-11(2)9-17-13(15-10-16-17)7-5-6-8-14-12(3)4/h10-12,14H,5-9H2,1-4H3. The van der Waals surface area contributed by atoms with Gasteiger partial charge in [0.05, 0.1) is 0 Å². The van der Waals surface area contributed by atoms with Gasteiger partial charge in [-0.2, -0.15) is 5.10 Å². The van der Waals surface area contributed by atoms with E-state index in [2.05, 4.69) is 43.1 Å². The van der Waals surface area contributed by atoms with Gasteiger partial charge in [-0.25, -0.2) is 9.67 Å². The fraction of sp³-hybridized carbons (Fsp3) is 0.846. The van der Waals surface area contributed by atoms with Gasteiger partial charge in [0.15, 0.2) is 0 Å². The smallest absolute Gasteiger partial charge is 0.138 e. The summed E-state index contributed by atoms with van der Waals surface area (Å²) in [5, 5.41) is 7.70. The van der Waals surface area contributed by atoms with Crippen molar-refractivity contribution in [3.05, 3.63) is 12.2 Å². The average Bonchev–Trinajstić information content (AvgIpc) is 2.64. The van der Waals surface area contributed by atoms with Crippen molar-refractivity contribution in [2.75, 3.05) is 6.54 Å². The third-order valence-electron chi connectivity index (χ3n) is 2.61. The van der Waals surface area contributed by atoms with Crippen molar-refractivity contribution >= 4 is 0 Å². The third kappa shape index (κ3) is 5.82. The monoisotopic (exact) mass is 238 g/mol. The lowest BCUT2D eigenvalue weighted by Gasteiger charge is -2.09. The lowest BCUT2D eigenvalue weighted by Crippen LogP contribution is -2.23. The van der Waals surface area contributed by atoms with Crippen molar-refractivity contribution in [2.24, 2.45) is 5.92 Å². The van der Waals surface area contributed by atoms with E-state index in [9.17, 15) is 0 Å². The first-order valence-electron chi connectivity index (χ1n) is 6.69. The average molecular weight is 238 g/mol. The zero-order chi connectivity index (χ0) is 12.7. The second-order valence-electron chi connectivity index (χ2n) is 5.32. The molecule has 1 N–H and O–H groups in total. The predicted octanol–water partition coefficient (Wildman–Crippen LogP) is 2.25. The minimum atomic E-state index is 0.583. The Morgan fingerprint density at radius 1 is 1.24 bits per heavy atom. The van der Waals surface area contributed by atoms with Crippen LogP contribution in [0.5, 0.6) is 0 Å². The molecule has 4 heteroatoms. The highest BCUT2D eigenvalue weighted by Gasteiger charge is 2.05. The van der Waals surface area contributed by atoms with Crippen LogP contribution in [0, 0.1) is 5.92 Å². The molecule has 4 nitrogen and oxygen atoms in total. The van der Waals surface area contributed by atoms with Crippen molar-refractivity contribution in [3.63, 3.8) is 0 Å². The molecule has 0 aromatic carbocycles. The molecule has 17 heavy (non-hydrogen) atoms. The number of aryl methyl sites for hydroxylation is 1. The molecule has 0 atom stereocenters. The third-order valence-corrected chi connectivity index (χ3v) is 2.61. The van der Waals surface area contributed by atoms with Gasteiger partial charge in [-0.3, -0.25) is 0 Å². The number of hydrogen-bond acceptors (Lipinski definition) is 3. The summed E-state index contributed by atoms with van der Waals surface area (Å²) >= 11 is 0. The topological polar surface area (TPSA) is 42.7 Å². The molecule has 1 aromatic heterocycles. The summed E-state index contributed by atoms with van der Waals surface area (Å²) < 4.78 is 2.04. The van der Waals surface area contributed by atoms with Crippen LogP contribution < -0.4 is 5.32 Å². The SMILES string of the molecule is CC(C)Cn1ncnc1CCCCNC(C)C. The molecule has 1 rings (SSSR count). The Morgan fingerprint density at radius 3 is 2.65 bits per heavy atom. The molecule has 98 valence electrons. The van der Waals surface area contributed by atoms with E-state index in [1.165, 1.54) is 12.8 Å². The second-order valence-corrected chi connectivity index (χ2v) is 5.32. The maximum absolute atomic E-state index is 4.33. The Labute approximate surface area is 105 Å². The van der Waals surface area contributed by atoms with Crippen molar-refractivity contribution in [2.45, 2.75) is 59.5 Å². The lowest BCUT2D eigenvalue weighted by atomic mass is 10.2. The maximum Gasteiger partial charge on any atom is 0.138 e. The Hall–Kier alpha value is -0.900. The van der Waals surface area contributed by atoms with Gasteiger partial charge in [-0.15, -0.1) is 0 Å². The van der Waals surface area contributed by atoms with Gasteiger partial charge in [-0.1, -0.05) is 27.7 Å². The molecule has 0 aliphatic rings. The first-order valence-corrected chi connectivity index (χ1v) is 6.69.